The molecule has 0 heterocycles. The maximum atomic E-state index is 10.6. The molecule has 2 nitrogen and oxygen atoms in total. The highest BCUT2D eigenvalue weighted by molar-refractivity contribution is 9.10. The lowest BCUT2D eigenvalue weighted by Gasteiger charge is -2.18. The first-order valence-electron chi connectivity index (χ1n) is 6.26. The second-order valence-corrected chi connectivity index (χ2v) is 5.26. The maximum Gasteiger partial charge on any atom is 0.125 e. The fraction of sp³-hybridized carbons (Fsp3) is 0.250. The van der Waals surface area contributed by atoms with Gasteiger partial charge in [0.2, 0.25) is 0 Å². The molecular formula is C16H17BrO2. The first kappa shape index (κ1) is 14.1. The first-order chi connectivity index (χ1) is 9.17. The summed E-state index contributed by atoms with van der Waals surface area (Å²) in [5.41, 5.74) is 2.86. The van der Waals surface area contributed by atoms with Crippen LogP contribution >= 0.6 is 15.9 Å². The van der Waals surface area contributed by atoms with E-state index in [9.17, 15) is 5.11 Å². The molecule has 0 saturated carbocycles. The number of hydrogen-bond acceptors (Lipinski definition) is 2. The van der Waals surface area contributed by atoms with E-state index >= 15 is 0 Å². The van der Waals surface area contributed by atoms with Crippen molar-refractivity contribution in [2.75, 3.05) is 7.11 Å². The van der Waals surface area contributed by atoms with Crippen LogP contribution in [0, 0.1) is 0 Å². The SMILES string of the molecule is CCc1ccccc1C(O)c1cc(Br)ccc1OC. The van der Waals surface area contributed by atoms with Gasteiger partial charge in [0.1, 0.15) is 11.9 Å². The molecule has 0 aliphatic rings. The zero-order chi connectivity index (χ0) is 13.8. The Balaban J connectivity index is 2.49. The second-order valence-electron chi connectivity index (χ2n) is 4.34. The molecule has 0 bridgehead atoms. The van der Waals surface area contributed by atoms with Crippen molar-refractivity contribution in [3.05, 3.63) is 63.6 Å². The molecule has 1 atom stereocenters. The van der Waals surface area contributed by atoms with Gasteiger partial charge in [0.15, 0.2) is 0 Å². The van der Waals surface area contributed by atoms with Crippen LogP contribution < -0.4 is 4.74 Å². The maximum absolute atomic E-state index is 10.6. The Labute approximate surface area is 122 Å². The monoisotopic (exact) mass is 320 g/mol. The molecule has 0 aliphatic carbocycles. The van der Waals surface area contributed by atoms with Crippen molar-refractivity contribution in [3.8, 4) is 5.75 Å². The minimum atomic E-state index is -0.677. The van der Waals surface area contributed by atoms with E-state index in [1.807, 2.05) is 42.5 Å². The van der Waals surface area contributed by atoms with E-state index in [1.54, 1.807) is 7.11 Å². The average molecular weight is 321 g/mol. The number of aliphatic hydroxyl groups excluding tert-OH is 1. The van der Waals surface area contributed by atoms with Gasteiger partial charge in [-0.05, 0) is 35.7 Å². The van der Waals surface area contributed by atoms with E-state index in [-0.39, 0.29) is 0 Å². The molecule has 1 unspecified atom stereocenters. The number of halogens is 1. The molecule has 0 aliphatic heterocycles. The van der Waals surface area contributed by atoms with Crippen LogP contribution in [0.25, 0.3) is 0 Å². The Bertz CT molecular complexity index is 566. The fourth-order valence-corrected chi connectivity index (χ4v) is 2.59. The molecule has 0 radical (unpaired) electrons. The van der Waals surface area contributed by atoms with Crippen LogP contribution in [0.3, 0.4) is 0 Å². The molecule has 0 amide bonds. The molecule has 19 heavy (non-hydrogen) atoms. The van der Waals surface area contributed by atoms with Crippen molar-refractivity contribution in [1.29, 1.82) is 0 Å². The third-order valence-corrected chi connectivity index (χ3v) is 3.71. The summed E-state index contributed by atoms with van der Waals surface area (Å²) in [5, 5.41) is 10.6. The Kier molecular flexibility index (Phi) is 4.61. The normalized spacial score (nSPS) is 12.2. The van der Waals surface area contributed by atoms with Crippen molar-refractivity contribution < 1.29 is 9.84 Å². The average Bonchev–Trinajstić information content (AvgIpc) is 2.46. The molecule has 0 aromatic heterocycles. The Morgan fingerprint density at radius 1 is 1.16 bits per heavy atom. The fourth-order valence-electron chi connectivity index (χ4n) is 2.21. The van der Waals surface area contributed by atoms with Gasteiger partial charge in [0.05, 0.1) is 7.11 Å². The number of benzene rings is 2. The zero-order valence-electron chi connectivity index (χ0n) is 11.1. The van der Waals surface area contributed by atoms with E-state index in [0.29, 0.717) is 5.75 Å². The van der Waals surface area contributed by atoms with Crippen LogP contribution in [0.1, 0.15) is 29.7 Å². The van der Waals surface area contributed by atoms with Gasteiger partial charge < -0.3 is 9.84 Å². The van der Waals surface area contributed by atoms with Crippen molar-refractivity contribution in [1.82, 2.24) is 0 Å². The topological polar surface area (TPSA) is 29.5 Å². The number of ether oxygens (including phenoxy) is 1. The van der Waals surface area contributed by atoms with Crippen molar-refractivity contribution in [3.63, 3.8) is 0 Å². The minimum absolute atomic E-state index is 0.677. The summed E-state index contributed by atoms with van der Waals surface area (Å²) in [6.45, 7) is 2.09. The van der Waals surface area contributed by atoms with Gasteiger partial charge in [-0.2, -0.15) is 0 Å². The summed E-state index contributed by atoms with van der Waals surface area (Å²) >= 11 is 3.44. The number of aliphatic hydroxyl groups is 1. The summed E-state index contributed by atoms with van der Waals surface area (Å²) in [7, 11) is 1.62. The third-order valence-electron chi connectivity index (χ3n) is 3.22. The summed E-state index contributed by atoms with van der Waals surface area (Å²) in [5.74, 6) is 0.696. The van der Waals surface area contributed by atoms with E-state index < -0.39 is 6.10 Å². The van der Waals surface area contributed by atoms with Crippen molar-refractivity contribution >= 4 is 15.9 Å². The van der Waals surface area contributed by atoms with E-state index in [0.717, 1.165) is 27.6 Å². The summed E-state index contributed by atoms with van der Waals surface area (Å²) < 4.78 is 6.26. The molecule has 100 valence electrons. The highest BCUT2D eigenvalue weighted by Crippen LogP contribution is 2.33. The van der Waals surface area contributed by atoms with Gasteiger partial charge >= 0.3 is 0 Å². The van der Waals surface area contributed by atoms with Crippen LogP contribution in [-0.2, 0) is 6.42 Å². The lowest BCUT2D eigenvalue weighted by Crippen LogP contribution is -2.05. The zero-order valence-corrected chi connectivity index (χ0v) is 12.6. The molecule has 0 spiro atoms. The minimum Gasteiger partial charge on any atom is -0.496 e. The predicted molar refractivity (Wildman–Crippen MR) is 80.6 cm³/mol. The first-order valence-corrected chi connectivity index (χ1v) is 7.06. The van der Waals surface area contributed by atoms with E-state index in [2.05, 4.69) is 22.9 Å². The standard InChI is InChI=1S/C16H17BrO2/c1-3-11-6-4-5-7-13(11)16(18)14-10-12(17)8-9-15(14)19-2/h4-10,16,18H,3H2,1-2H3. The van der Waals surface area contributed by atoms with Gasteiger partial charge in [-0.25, -0.2) is 0 Å². The van der Waals surface area contributed by atoms with Gasteiger partial charge in [0, 0.05) is 10.0 Å². The van der Waals surface area contributed by atoms with Gasteiger partial charge in [-0.1, -0.05) is 47.1 Å². The Morgan fingerprint density at radius 2 is 1.89 bits per heavy atom. The number of methoxy groups -OCH3 is 1. The molecular weight excluding hydrogens is 304 g/mol. The second kappa shape index (κ2) is 6.22. The number of aryl methyl sites for hydroxylation is 1. The number of rotatable bonds is 4. The number of hydrogen-bond donors (Lipinski definition) is 1. The molecule has 0 saturated heterocycles. The van der Waals surface area contributed by atoms with Crippen molar-refractivity contribution in [2.24, 2.45) is 0 Å². The predicted octanol–water partition coefficient (Wildman–Crippen LogP) is 4.10. The molecule has 2 aromatic rings. The van der Waals surface area contributed by atoms with E-state index in [1.165, 1.54) is 0 Å². The van der Waals surface area contributed by atoms with Gasteiger partial charge in [-0.3, -0.25) is 0 Å². The van der Waals surface area contributed by atoms with Crippen LogP contribution in [0.5, 0.6) is 5.75 Å². The molecule has 2 rings (SSSR count). The Morgan fingerprint density at radius 3 is 2.58 bits per heavy atom. The van der Waals surface area contributed by atoms with Crippen molar-refractivity contribution in [2.45, 2.75) is 19.4 Å². The van der Waals surface area contributed by atoms with Crippen LogP contribution in [0.2, 0.25) is 0 Å². The highest BCUT2D eigenvalue weighted by Gasteiger charge is 2.18. The summed E-state index contributed by atoms with van der Waals surface area (Å²) in [4.78, 5) is 0. The van der Waals surface area contributed by atoms with E-state index in [4.69, 9.17) is 4.74 Å². The molecule has 3 heteroatoms. The quantitative estimate of drug-likeness (QED) is 0.918. The van der Waals surface area contributed by atoms with Crippen LogP contribution in [0.15, 0.2) is 46.9 Å². The molecule has 1 N–H and O–H groups in total. The van der Waals surface area contributed by atoms with Crippen LogP contribution in [-0.4, -0.2) is 12.2 Å². The smallest absolute Gasteiger partial charge is 0.125 e. The third kappa shape index (κ3) is 2.99. The lowest BCUT2D eigenvalue weighted by atomic mass is 9.95. The largest absolute Gasteiger partial charge is 0.496 e. The summed E-state index contributed by atoms with van der Waals surface area (Å²) in [6, 6.07) is 13.6. The molecule has 2 aromatic carbocycles. The highest BCUT2D eigenvalue weighted by atomic mass is 79.9. The van der Waals surface area contributed by atoms with Gasteiger partial charge in [0.25, 0.3) is 0 Å². The van der Waals surface area contributed by atoms with Gasteiger partial charge in [-0.15, -0.1) is 0 Å². The van der Waals surface area contributed by atoms with Crippen LogP contribution in [0.4, 0.5) is 0 Å². The molecule has 0 fully saturated rings. The summed E-state index contributed by atoms with van der Waals surface area (Å²) in [6.07, 6.45) is 0.215. The Hall–Kier alpha value is -1.32. The lowest BCUT2D eigenvalue weighted by molar-refractivity contribution is 0.213.